The molecule has 0 bridgehead atoms. The molecule has 5 heteroatoms. The monoisotopic (exact) mass is 399 g/mol. The molecular weight excluding hydrogens is 354 g/mol. The van der Waals surface area contributed by atoms with E-state index in [0.717, 1.165) is 12.8 Å². The molecular formula is C23H45NO4. The third-order valence-electron chi connectivity index (χ3n) is 5.80. The smallest absolute Gasteiger partial charge is 0.328 e. The minimum Gasteiger partial charge on any atom is -0.480 e. The van der Waals surface area contributed by atoms with Crippen LogP contribution in [0.25, 0.3) is 0 Å². The van der Waals surface area contributed by atoms with Crippen molar-refractivity contribution in [2.24, 2.45) is 22.2 Å². The van der Waals surface area contributed by atoms with Crippen molar-refractivity contribution in [2.45, 2.75) is 107 Å². The van der Waals surface area contributed by atoms with E-state index in [1.807, 2.05) is 27.7 Å². The summed E-state index contributed by atoms with van der Waals surface area (Å²) in [5, 5.41) is 12.3. The molecule has 0 rings (SSSR count). The van der Waals surface area contributed by atoms with Crippen LogP contribution in [-0.2, 0) is 14.3 Å². The Labute approximate surface area is 173 Å². The number of hydrogen-bond donors (Lipinski definition) is 2. The Hall–Kier alpha value is -1.10. The Balaban J connectivity index is 4.97. The molecule has 5 nitrogen and oxygen atoms in total. The van der Waals surface area contributed by atoms with Crippen molar-refractivity contribution in [3.8, 4) is 0 Å². The first-order valence-electron chi connectivity index (χ1n) is 10.5. The van der Waals surface area contributed by atoms with E-state index < -0.39 is 23.0 Å². The van der Waals surface area contributed by atoms with Gasteiger partial charge in [-0.05, 0) is 49.9 Å². The van der Waals surface area contributed by atoms with Crippen molar-refractivity contribution in [1.29, 1.82) is 0 Å². The Morgan fingerprint density at radius 2 is 1.43 bits per heavy atom. The zero-order chi connectivity index (χ0) is 22.6. The van der Waals surface area contributed by atoms with Gasteiger partial charge in [0.2, 0.25) is 5.91 Å². The molecule has 0 aliphatic carbocycles. The standard InChI is InChI=1S/C23H45NO4/c1-16(2)22(8,9)15-23(10,11)28-14-17(18(25)26)24-19(27)21(6,7)13-12-20(3,4)5/h16-17H,12-15H2,1-11H3,(H,24,27)(H,25,26). The summed E-state index contributed by atoms with van der Waals surface area (Å²) in [5.41, 5.74) is -0.912. The fraction of sp³-hybridized carbons (Fsp3) is 0.913. The van der Waals surface area contributed by atoms with Gasteiger partial charge in [0, 0.05) is 5.41 Å². The van der Waals surface area contributed by atoms with Gasteiger partial charge in [-0.3, -0.25) is 4.79 Å². The molecule has 0 aromatic rings. The van der Waals surface area contributed by atoms with E-state index in [1.165, 1.54) is 0 Å². The van der Waals surface area contributed by atoms with Crippen LogP contribution < -0.4 is 5.32 Å². The van der Waals surface area contributed by atoms with Crippen molar-refractivity contribution < 1.29 is 19.4 Å². The summed E-state index contributed by atoms with van der Waals surface area (Å²) in [6, 6.07) is -1.05. The van der Waals surface area contributed by atoms with Crippen LogP contribution in [0.5, 0.6) is 0 Å². The van der Waals surface area contributed by atoms with Gasteiger partial charge < -0.3 is 15.2 Å². The van der Waals surface area contributed by atoms with Crippen LogP contribution in [0.1, 0.15) is 95.4 Å². The normalized spacial score (nSPS) is 14.9. The Morgan fingerprint density at radius 1 is 0.929 bits per heavy atom. The number of carboxylic acid groups (broad SMARTS) is 1. The summed E-state index contributed by atoms with van der Waals surface area (Å²) >= 11 is 0. The largest absolute Gasteiger partial charge is 0.480 e. The van der Waals surface area contributed by atoms with Gasteiger partial charge in [-0.15, -0.1) is 0 Å². The van der Waals surface area contributed by atoms with E-state index >= 15 is 0 Å². The van der Waals surface area contributed by atoms with Crippen LogP contribution in [0.3, 0.4) is 0 Å². The summed E-state index contributed by atoms with van der Waals surface area (Å²) < 4.78 is 5.97. The number of aliphatic carboxylic acids is 1. The molecule has 0 aliphatic heterocycles. The van der Waals surface area contributed by atoms with E-state index in [9.17, 15) is 14.7 Å². The molecule has 166 valence electrons. The number of rotatable bonds is 11. The predicted molar refractivity (Wildman–Crippen MR) is 115 cm³/mol. The number of amides is 1. The molecule has 1 unspecified atom stereocenters. The number of nitrogens with one attached hydrogen (secondary N) is 1. The van der Waals surface area contributed by atoms with Gasteiger partial charge in [-0.2, -0.15) is 0 Å². The lowest BCUT2D eigenvalue weighted by Gasteiger charge is -2.38. The summed E-state index contributed by atoms with van der Waals surface area (Å²) in [6.45, 7) is 22.8. The fourth-order valence-electron chi connectivity index (χ4n) is 2.99. The Kier molecular flexibility index (Phi) is 9.22. The SMILES string of the molecule is CC(C)C(C)(C)CC(C)(C)OCC(NC(=O)C(C)(C)CCC(C)(C)C)C(=O)O. The molecule has 1 atom stereocenters. The van der Waals surface area contributed by atoms with Crippen LogP contribution in [0, 0.1) is 22.2 Å². The van der Waals surface area contributed by atoms with Crippen LogP contribution in [-0.4, -0.2) is 35.2 Å². The number of ether oxygens (including phenoxy) is 1. The van der Waals surface area contributed by atoms with E-state index in [0.29, 0.717) is 12.3 Å². The molecule has 0 aliphatic rings. The number of carbonyl (C=O) groups is 2. The first-order valence-corrected chi connectivity index (χ1v) is 10.5. The highest BCUT2D eigenvalue weighted by Gasteiger charge is 2.35. The van der Waals surface area contributed by atoms with Crippen molar-refractivity contribution in [2.75, 3.05) is 6.61 Å². The molecule has 0 radical (unpaired) electrons. The quantitative estimate of drug-likeness (QED) is 0.496. The van der Waals surface area contributed by atoms with E-state index in [-0.39, 0.29) is 23.3 Å². The molecule has 0 saturated carbocycles. The Bertz CT molecular complexity index is 527. The zero-order valence-corrected chi connectivity index (χ0v) is 20.2. The average Bonchev–Trinajstić information content (AvgIpc) is 2.47. The predicted octanol–water partition coefficient (Wildman–Crippen LogP) is 5.28. The third kappa shape index (κ3) is 9.90. The lowest BCUT2D eigenvalue weighted by atomic mass is 9.73. The second-order valence-electron chi connectivity index (χ2n) is 11.7. The van der Waals surface area contributed by atoms with E-state index in [1.54, 1.807) is 0 Å². The van der Waals surface area contributed by atoms with E-state index in [4.69, 9.17) is 4.74 Å². The molecule has 0 aromatic carbocycles. The van der Waals surface area contributed by atoms with Gasteiger partial charge in [0.15, 0.2) is 6.04 Å². The first-order chi connectivity index (χ1) is 12.3. The van der Waals surface area contributed by atoms with Gasteiger partial charge >= 0.3 is 5.97 Å². The minimum absolute atomic E-state index is 0.0440. The topological polar surface area (TPSA) is 75.6 Å². The van der Waals surface area contributed by atoms with E-state index in [2.05, 4.69) is 53.8 Å². The maximum absolute atomic E-state index is 12.7. The minimum atomic E-state index is -1.07. The molecule has 0 aromatic heterocycles. The lowest BCUT2D eigenvalue weighted by molar-refractivity contribution is -0.148. The van der Waals surface area contributed by atoms with Crippen LogP contribution >= 0.6 is 0 Å². The molecule has 2 N–H and O–H groups in total. The third-order valence-corrected chi connectivity index (χ3v) is 5.80. The highest BCUT2D eigenvalue weighted by atomic mass is 16.5. The van der Waals surface area contributed by atoms with Crippen molar-refractivity contribution in [3.05, 3.63) is 0 Å². The summed E-state index contributed by atoms with van der Waals surface area (Å²) in [5.74, 6) is -0.832. The number of carboxylic acids is 1. The molecule has 0 saturated heterocycles. The first kappa shape index (κ1) is 26.9. The Morgan fingerprint density at radius 3 is 1.82 bits per heavy atom. The van der Waals surface area contributed by atoms with Crippen molar-refractivity contribution in [1.82, 2.24) is 5.32 Å². The second-order valence-corrected chi connectivity index (χ2v) is 11.7. The lowest BCUT2D eigenvalue weighted by Crippen LogP contribution is -2.50. The molecule has 0 fully saturated rings. The summed E-state index contributed by atoms with van der Waals surface area (Å²) in [7, 11) is 0. The highest BCUT2D eigenvalue weighted by Crippen LogP contribution is 2.36. The molecule has 0 spiro atoms. The van der Waals surface area contributed by atoms with Crippen molar-refractivity contribution >= 4 is 11.9 Å². The molecule has 0 heterocycles. The summed E-state index contributed by atoms with van der Waals surface area (Å²) in [4.78, 5) is 24.4. The fourth-order valence-corrected chi connectivity index (χ4v) is 2.99. The van der Waals surface area contributed by atoms with Crippen molar-refractivity contribution in [3.63, 3.8) is 0 Å². The van der Waals surface area contributed by atoms with Gasteiger partial charge in [-0.25, -0.2) is 4.79 Å². The zero-order valence-electron chi connectivity index (χ0n) is 20.2. The molecule has 1 amide bonds. The van der Waals surface area contributed by atoms with Crippen LogP contribution in [0.4, 0.5) is 0 Å². The second kappa shape index (κ2) is 9.60. The maximum atomic E-state index is 12.7. The highest BCUT2D eigenvalue weighted by molar-refractivity contribution is 5.87. The summed E-state index contributed by atoms with van der Waals surface area (Å²) in [6.07, 6.45) is 2.39. The van der Waals surface area contributed by atoms with Crippen LogP contribution in [0.15, 0.2) is 0 Å². The molecule has 28 heavy (non-hydrogen) atoms. The maximum Gasteiger partial charge on any atom is 0.328 e. The number of hydrogen-bond acceptors (Lipinski definition) is 3. The van der Waals surface area contributed by atoms with Gasteiger partial charge in [0.25, 0.3) is 0 Å². The van der Waals surface area contributed by atoms with Gasteiger partial charge in [-0.1, -0.05) is 62.3 Å². The number of carbonyl (C=O) groups excluding carboxylic acids is 1. The van der Waals surface area contributed by atoms with Gasteiger partial charge in [0.05, 0.1) is 12.2 Å². The average molecular weight is 400 g/mol. The van der Waals surface area contributed by atoms with Crippen LogP contribution in [0.2, 0.25) is 0 Å². The van der Waals surface area contributed by atoms with Gasteiger partial charge in [0.1, 0.15) is 0 Å².